The van der Waals surface area contributed by atoms with Crippen molar-refractivity contribution < 1.29 is 4.79 Å². The Morgan fingerprint density at radius 2 is 1.58 bits per heavy atom. The second-order valence-corrected chi connectivity index (χ2v) is 7.99. The minimum atomic E-state index is 0.0311. The van der Waals surface area contributed by atoms with Gasteiger partial charge in [-0.25, -0.2) is 0 Å². The number of alkyl halides is 1. The molecule has 1 amide bonds. The minimum absolute atomic E-state index is 0.0311. The van der Waals surface area contributed by atoms with Crippen LogP contribution >= 0.6 is 11.6 Å². The monoisotopic (exact) mass is 281 g/mol. The SMILES string of the molecule is O=C(N(CCCl)C1CC1)C12CC3CC(CC(C3)C1)C2. The molecule has 0 aliphatic heterocycles. The van der Waals surface area contributed by atoms with Crippen LogP contribution in [0.4, 0.5) is 0 Å². The maximum atomic E-state index is 13.1. The number of carbonyl (C=O) groups excluding carboxylic acids is 1. The van der Waals surface area contributed by atoms with E-state index >= 15 is 0 Å². The van der Waals surface area contributed by atoms with E-state index in [0.29, 0.717) is 17.8 Å². The van der Waals surface area contributed by atoms with Crippen LogP contribution in [0.2, 0.25) is 0 Å². The first-order valence-corrected chi connectivity index (χ1v) is 8.61. The van der Waals surface area contributed by atoms with Crippen molar-refractivity contribution in [1.82, 2.24) is 4.90 Å². The second-order valence-electron chi connectivity index (χ2n) is 7.62. The van der Waals surface area contributed by atoms with Crippen molar-refractivity contribution in [3.05, 3.63) is 0 Å². The van der Waals surface area contributed by atoms with E-state index in [-0.39, 0.29) is 5.41 Å². The van der Waals surface area contributed by atoms with Crippen LogP contribution in [0.25, 0.3) is 0 Å². The lowest BCUT2D eigenvalue weighted by Gasteiger charge is -2.56. The van der Waals surface area contributed by atoms with Gasteiger partial charge in [-0.05, 0) is 69.1 Å². The fourth-order valence-electron chi connectivity index (χ4n) is 5.60. The average Bonchev–Trinajstić information content (AvgIpc) is 3.17. The number of nitrogens with zero attached hydrogens (tertiary/aromatic N) is 1. The summed E-state index contributed by atoms with van der Waals surface area (Å²) in [5, 5.41) is 0. The Kier molecular flexibility index (Phi) is 2.88. The van der Waals surface area contributed by atoms with Crippen LogP contribution in [-0.2, 0) is 4.79 Å². The molecule has 2 nitrogen and oxygen atoms in total. The summed E-state index contributed by atoms with van der Waals surface area (Å²) in [5.41, 5.74) is 0.0311. The van der Waals surface area contributed by atoms with Crippen LogP contribution in [0.1, 0.15) is 51.4 Å². The van der Waals surface area contributed by atoms with Gasteiger partial charge in [-0.15, -0.1) is 11.6 Å². The topological polar surface area (TPSA) is 20.3 Å². The average molecular weight is 282 g/mol. The predicted molar refractivity (Wildman–Crippen MR) is 76.1 cm³/mol. The molecule has 106 valence electrons. The van der Waals surface area contributed by atoms with E-state index in [1.165, 1.54) is 51.4 Å². The summed E-state index contributed by atoms with van der Waals surface area (Å²) in [4.78, 5) is 15.3. The number of carbonyl (C=O) groups is 1. The molecule has 0 radical (unpaired) electrons. The maximum absolute atomic E-state index is 13.1. The summed E-state index contributed by atoms with van der Waals surface area (Å²) >= 11 is 5.93. The quantitative estimate of drug-likeness (QED) is 0.723. The van der Waals surface area contributed by atoms with Gasteiger partial charge in [0.25, 0.3) is 0 Å². The largest absolute Gasteiger partial charge is 0.338 e. The van der Waals surface area contributed by atoms with Crippen molar-refractivity contribution >= 4 is 17.5 Å². The smallest absolute Gasteiger partial charge is 0.229 e. The number of rotatable bonds is 4. The van der Waals surface area contributed by atoms with E-state index in [0.717, 1.165) is 24.3 Å². The minimum Gasteiger partial charge on any atom is -0.338 e. The molecule has 0 aromatic rings. The van der Waals surface area contributed by atoms with Gasteiger partial charge in [0.15, 0.2) is 0 Å². The fraction of sp³-hybridized carbons (Fsp3) is 0.938. The number of hydrogen-bond acceptors (Lipinski definition) is 1. The number of amides is 1. The first-order chi connectivity index (χ1) is 9.20. The summed E-state index contributed by atoms with van der Waals surface area (Å²) in [6.07, 6.45) is 10.2. The molecule has 4 bridgehead atoms. The van der Waals surface area contributed by atoms with E-state index in [9.17, 15) is 4.79 Å². The third kappa shape index (κ3) is 2.02. The van der Waals surface area contributed by atoms with Crippen molar-refractivity contribution in [1.29, 1.82) is 0 Å². The number of halogens is 1. The highest BCUT2D eigenvalue weighted by Gasteiger charge is 2.56. The Labute approximate surface area is 120 Å². The molecule has 5 saturated carbocycles. The third-order valence-electron chi connectivity index (χ3n) is 6.07. The molecule has 0 aromatic heterocycles. The molecule has 5 rings (SSSR count). The van der Waals surface area contributed by atoms with Crippen molar-refractivity contribution in [3.8, 4) is 0 Å². The summed E-state index contributed by atoms with van der Waals surface area (Å²) in [5.74, 6) is 3.63. The van der Waals surface area contributed by atoms with E-state index in [1.807, 2.05) is 0 Å². The number of hydrogen-bond donors (Lipinski definition) is 0. The van der Waals surface area contributed by atoms with Crippen LogP contribution in [0.15, 0.2) is 0 Å². The molecule has 5 aliphatic carbocycles. The third-order valence-corrected chi connectivity index (χ3v) is 6.23. The van der Waals surface area contributed by atoms with Crippen LogP contribution in [0.5, 0.6) is 0 Å². The summed E-state index contributed by atoms with van der Waals surface area (Å²) in [6.45, 7) is 0.771. The predicted octanol–water partition coefficient (Wildman–Crippen LogP) is 3.43. The molecule has 0 spiro atoms. The summed E-state index contributed by atoms with van der Waals surface area (Å²) < 4.78 is 0. The van der Waals surface area contributed by atoms with Crippen molar-refractivity contribution in [2.75, 3.05) is 12.4 Å². The lowest BCUT2D eigenvalue weighted by Crippen LogP contribution is -2.55. The van der Waals surface area contributed by atoms with E-state index in [2.05, 4.69) is 4.90 Å². The van der Waals surface area contributed by atoms with Gasteiger partial charge in [-0.3, -0.25) is 4.79 Å². The van der Waals surface area contributed by atoms with Crippen LogP contribution in [0.3, 0.4) is 0 Å². The Hall–Kier alpha value is -0.240. The van der Waals surface area contributed by atoms with Crippen molar-refractivity contribution in [2.45, 2.75) is 57.4 Å². The van der Waals surface area contributed by atoms with Gasteiger partial charge < -0.3 is 4.90 Å². The second kappa shape index (κ2) is 4.38. The van der Waals surface area contributed by atoms with Gasteiger partial charge in [0.05, 0.1) is 5.41 Å². The first kappa shape index (κ1) is 12.5. The standard InChI is InChI=1S/C16H24ClNO/c17-3-4-18(14-1-2-14)15(19)16-8-11-5-12(9-16)7-13(6-11)10-16/h11-14H,1-10H2. The maximum Gasteiger partial charge on any atom is 0.229 e. The van der Waals surface area contributed by atoms with Crippen LogP contribution < -0.4 is 0 Å². The van der Waals surface area contributed by atoms with Crippen molar-refractivity contribution in [2.24, 2.45) is 23.2 Å². The van der Waals surface area contributed by atoms with Gasteiger partial charge in [0.1, 0.15) is 0 Å². The molecule has 0 aromatic carbocycles. The Morgan fingerprint density at radius 1 is 1.05 bits per heavy atom. The molecule has 3 heteroatoms. The van der Waals surface area contributed by atoms with Gasteiger partial charge in [0.2, 0.25) is 5.91 Å². The fourth-order valence-corrected chi connectivity index (χ4v) is 5.79. The zero-order valence-electron chi connectivity index (χ0n) is 11.6. The summed E-state index contributed by atoms with van der Waals surface area (Å²) in [7, 11) is 0. The lowest BCUT2D eigenvalue weighted by atomic mass is 9.49. The zero-order valence-corrected chi connectivity index (χ0v) is 12.4. The molecule has 0 heterocycles. The van der Waals surface area contributed by atoms with Gasteiger partial charge >= 0.3 is 0 Å². The Bertz CT molecular complexity index is 355. The molecule has 5 fully saturated rings. The zero-order chi connectivity index (χ0) is 13.0. The molecule has 0 unspecified atom stereocenters. The van der Waals surface area contributed by atoms with E-state index in [4.69, 9.17) is 11.6 Å². The van der Waals surface area contributed by atoms with Gasteiger partial charge in [0, 0.05) is 18.5 Å². The molecule has 19 heavy (non-hydrogen) atoms. The molecule has 0 N–H and O–H groups in total. The van der Waals surface area contributed by atoms with E-state index < -0.39 is 0 Å². The molecule has 5 aliphatic rings. The van der Waals surface area contributed by atoms with Crippen molar-refractivity contribution in [3.63, 3.8) is 0 Å². The normalized spacial score (nSPS) is 43.5. The summed E-state index contributed by atoms with van der Waals surface area (Å²) in [6, 6.07) is 0.527. The van der Waals surface area contributed by atoms with E-state index in [1.54, 1.807) is 0 Å². The Morgan fingerprint density at radius 3 is 2.00 bits per heavy atom. The van der Waals surface area contributed by atoms with Crippen LogP contribution in [0, 0.1) is 23.2 Å². The molecular weight excluding hydrogens is 258 g/mol. The molecule has 0 saturated heterocycles. The molecule has 0 atom stereocenters. The highest BCUT2D eigenvalue weighted by Crippen LogP contribution is 2.60. The first-order valence-electron chi connectivity index (χ1n) is 8.07. The highest BCUT2D eigenvalue weighted by atomic mass is 35.5. The van der Waals surface area contributed by atoms with Gasteiger partial charge in [-0.1, -0.05) is 0 Å². The van der Waals surface area contributed by atoms with Crippen LogP contribution in [-0.4, -0.2) is 29.3 Å². The molecular formula is C16H24ClNO. The van der Waals surface area contributed by atoms with Gasteiger partial charge in [-0.2, -0.15) is 0 Å². The lowest BCUT2D eigenvalue weighted by molar-refractivity contribution is -0.158. The Balaban J connectivity index is 1.58. The highest BCUT2D eigenvalue weighted by molar-refractivity contribution is 6.18.